The van der Waals surface area contributed by atoms with Crippen LogP contribution in [0.2, 0.25) is 0 Å². The Morgan fingerprint density at radius 3 is 2.40 bits per heavy atom. The first-order valence-electron chi connectivity index (χ1n) is 4.81. The lowest BCUT2D eigenvalue weighted by Crippen LogP contribution is -2.38. The third-order valence-electron chi connectivity index (χ3n) is 2.11. The zero-order valence-corrected chi connectivity index (χ0v) is 9.53. The summed E-state index contributed by atoms with van der Waals surface area (Å²) < 4.78 is 0. The largest absolute Gasteiger partial charge is 0.480 e. The Morgan fingerprint density at radius 1 is 1.47 bits per heavy atom. The zero-order chi connectivity index (χ0) is 12.0. The normalized spacial score (nSPS) is 12.0. The maximum absolute atomic E-state index is 10.4. The Kier molecular flexibility index (Phi) is 5.69. The molecule has 15 heavy (non-hydrogen) atoms. The number of nitrogens with one attached hydrogen (secondary N) is 1. The van der Waals surface area contributed by atoms with Crippen LogP contribution < -0.4 is 5.73 Å². The van der Waals surface area contributed by atoms with Gasteiger partial charge in [0.1, 0.15) is 6.04 Å². The minimum Gasteiger partial charge on any atom is -0.480 e. The summed E-state index contributed by atoms with van der Waals surface area (Å²) in [6.45, 7) is 0.637. The molecule has 0 aromatic rings. The minimum atomic E-state index is -0.972. The van der Waals surface area contributed by atoms with Crippen molar-refractivity contribution in [1.82, 2.24) is 9.80 Å². The summed E-state index contributed by atoms with van der Waals surface area (Å²) in [5.74, 6) is -0.570. The summed E-state index contributed by atoms with van der Waals surface area (Å²) in [5, 5.41) is 16.2. The number of guanidine groups is 1. The number of carboxylic acid groups (broad SMARTS) is 1. The first-order chi connectivity index (χ1) is 6.86. The van der Waals surface area contributed by atoms with Gasteiger partial charge in [0.15, 0.2) is 5.96 Å². The first-order valence-corrected chi connectivity index (χ1v) is 4.81. The number of hydrogen-bond acceptors (Lipinski definition) is 3. The van der Waals surface area contributed by atoms with Gasteiger partial charge in [0.25, 0.3) is 0 Å². The van der Waals surface area contributed by atoms with E-state index in [0.29, 0.717) is 25.3 Å². The minimum absolute atomic E-state index is 0.402. The lowest BCUT2D eigenvalue weighted by atomic mass is 10.1. The molecular weight excluding hydrogens is 196 g/mol. The quantitative estimate of drug-likeness (QED) is 0.430. The molecule has 0 radical (unpaired) electrons. The van der Waals surface area contributed by atoms with Gasteiger partial charge in [-0.1, -0.05) is 0 Å². The molecule has 0 aliphatic rings. The topological polar surface area (TPSA) is 93.7 Å². The van der Waals surface area contributed by atoms with E-state index in [1.165, 1.54) is 0 Å². The van der Waals surface area contributed by atoms with E-state index in [1.54, 1.807) is 30.9 Å². The van der Waals surface area contributed by atoms with Gasteiger partial charge in [-0.15, -0.1) is 0 Å². The van der Waals surface area contributed by atoms with Gasteiger partial charge in [-0.3, -0.25) is 10.2 Å². The van der Waals surface area contributed by atoms with Crippen molar-refractivity contribution < 1.29 is 9.90 Å². The Labute approximate surface area is 90.2 Å². The fraction of sp³-hybridized carbons (Fsp3) is 0.778. The molecule has 88 valence electrons. The molecule has 0 unspecified atom stereocenters. The first kappa shape index (κ1) is 13.7. The zero-order valence-electron chi connectivity index (χ0n) is 9.53. The summed E-state index contributed by atoms with van der Waals surface area (Å²) >= 11 is 0. The maximum Gasteiger partial charge on any atom is 0.320 e. The smallest absolute Gasteiger partial charge is 0.320 e. The van der Waals surface area contributed by atoms with Crippen LogP contribution in [-0.2, 0) is 4.79 Å². The highest BCUT2D eigenvalue weighted by Gasteiger charge is 2.12. The average Bonchev–Trinajstić information content (AvgIpc) is 2.15. The van der Waals surface area contributed by atoms with Crippen LogP contribution in [0.15, 0.2) is 0 Å². The second kappa shape index (κ2) is 6.23. The van der Waals surface area contributed by atoms with Crippen molar-refractivity contribution in [2.75, 3.05) is 27.7 Å². The molecule has 0 rings (SSSR count). The highest BCUT2D eigenvalue weighted by Crippen LogP contribution is 1.98. The number of hydrogen-bond donors (Lipinski definition) is 3. The monoisotopic (exact) mass is 216 g/mol. The van der Waals surface area contributed by atoms with Gasteiger partial charge in [0.05, 0.1) is 0 Å². The molecule has 0 fully saturated rings. The fourth-order valence-electron chi connectivity index (χ4n) is 1.12. The molecule has 0 saturated heterocycles. The number of carboxylic acids is 1. The SMILES string of the molecule is CN(C)C(=N)N(C)CCC[C@H](N)C(=O)O. The third-order valence-corrected chi connectivity index (χ3v) is 2.11. The van der Waals surface area contributed by atoms with Crippen LogP contribution in [-0.4, -0.2) is 60.6 Å². The maximum atomic E-state index is 10.4. The van der Waals surface area contributed by atoms with E-state index < -0.39 is 12.0 Å². The van der Waals surface area contributed by atoms with Crippen molar-refractivity contribution in [3.63, 3.8) is 0 Å². The van der Waals surface area contributed by atoms with Gasteiger partial charge in [-0.05, 0) is 12.8 Å². The summed E-state index contributed by atoms with van der Waals surface area (Å²) in [7, 11) is 5.39. The highest BCUT2D eigenvalue weighted by molar-refractivity contribution is 5.76. The summed E-state index contributed by atoms with van der Waals surface area (Å²) in [6.07, 6.45) is 1.10. The molecule has 0 aromatic carbocycles. The molecule has 0 aliphatic carbocycles. The third kappa shape index (κ3) is 5.21. The second-order valence-corrected chi connectivity index (χ2v) is 3.73. The molecule has 0 spiro atoms. The van der Waals surface area contributed by atoms with Gasteiger partial charge in [0, 0.05) is 27.7 Å². The van der Waals surface area contributed by atoms with Crippen LogP contribution in [0.4, 0.5) is 0 Å². The Hall–Kier alpha value is -1.30. The van der Waals surface area contributed by atoms with Crippen LogP contribution in [0, 0.1) is 5.41 Å². The lowest BCUT2D eigenvalue weighted by molar-refractivity contribution is -0.138. The Balaban J connectivity index is 3.77. The molecule has 4 N–H and O–H groups in total. The van der Waals surface area contributed by atoms with Crippen LogP contribution >= 0.6 is 0 Å². The van der Waals surface area contributed by atoms with Gasteiger partial charge >= 0.3 is 5.97 Å². The number of carbonyl (C=O) groups is 1. The van der Waals surface area contributed by atoms with Crippen molar-refractivity contribution >= 4 is 11.9 Å². The molecule has 0 bridgehead atoms. The molecule has 6 heteroatoms. The van der Waals surface area contributed by atoms with Crippen LogP contribution in [0.3, 0.4) is 0 Å². The highest BCUT2D eigenvalue weighted by atomic mass is 16.4. The number of rotatable bonds is 5. The summed E-state index contributed by atoms with van der Waals surface area (Å²) in [6, 6.07) is -0.799. The van der Waals surface area contributed by atoms with Crippen LogP contribution in [0.25, 0.3) is 0 Å². The van der Waals surface area contributed by atoms with Crippen molar-refractivity contribution in [2.45, 2.75) is 18.9 Å². The fourth-order valence-corrected chi connectivity index (χ4v) is 1.12. The van der Waals surface area contributed by atoms with Gasteiger partial charge < -0.3 is 20.6 Å². The molecule has 0 heterocycles. The van der Waals surface area contributed by atoms with Crippen molar-refractivity contribution in [1.29, 1.82) is 5.41 Å². The number of nitrogens with two attached hydrogens (primary N) is 1. The van der Waals surface area contributed by atoms with Crippen molar-refractivity contribution in [3.8, 4) is 0 Å². The van der Waals surface area contributed by atoms with Crippen molar-refractivity contribution in [2.24, 2.45) is 5.73 Å². The second-order valence-electron chi connectivity index (χ2n) is 3.73. The van der Waals surface area contributed by atoms with E-state index in [0.717, 1.165) is 0 Å². The number of aliphatic carboxylic acids is 1. The van der Waals surface area contributed by atoms with Gasteiger partial charge in [-0.25, -0.2) is 0 Å². The van der Waals surface area contributed by atoms with Gasteiger partial charge in [0.2, 0.25) is 0 Å². The molecule has 1 atom stereocenters. The molecule has 6 nitrogen and oxygen atoms in total. The van der Waals surface area contributed by atoms with E-state index in [-0.39, 0.29) is 0 Å². The molecule has 0 amide bonds. The van der Waals surface area contributed by atoms with Gasteiger partial charge in [-0.2, -0.15) is 0 Å². The van der Waals surface area contributed by atoms with Crippen LogP contribution in [0.5, 0.6) is 0 Å². The average molecular weight is 216 g/mol. The summed E-state index contributed by atoms with van der Waals surface area (Å²) in [5.41, 5.74) is 5.36. The van der Waals surface area contributed by atoms with Crippen molar-refractivity contribution in [3.05, 3.63) is 0 Å². The predicted molar refractivity (Wildman–Crippen MR) is 58.9 cm³/mol. The standard InChI is InChI=1S/C9H20N4O2/c1-12(2)9(11)13(3)6-4-5-7(10)8(14)15/h7,11H,4-6,10H2,1-3H3,(H,14,15)/t7-/m0/s1. The predicted octanol–water partition coefficient (Wildman–Crippen LogP) is -0.393. The van der Waals surface area contributed by atoms with E-state index in [4.69, 9.17) is 16.2 Å². The molecule has 0 aliphatic heterocycles. The van der Waals surface area contributed by atoms with E-state index in [1.807, 2.05) is 0 Å². The molecule has 0 aromatic heterocycles. The van der Waals surface area contributed by atoms with E-state index >= 15 is 0 Å². The molecule has 0 saturated carbocycles. The number of nitrogens with zero attached hydrogens (tertiary/aromatic N) is 2. The Morgan fingerprint density at radius 2 is 2.00 bits per heavy atom. The van der Waals surface area contributed by atoms with E-state index in [2.05, 4.69) is 0 Å². The lowest BCUT2D eigenvalue weighted by Gasteiger charge is -2.25. The Bertz CT molecular complexity index is 230. The summed E-state index contributed by atoms with van der Waals surface area (Å²) in [4.78, 5) is 13.9. The van der Waals surface area contributed by atoms with E-state index in [9.17, 15) is 4.79 Å². The molecular formula is C9H20N4O2. The van der Waals surface area contributed by atoms with Crippen LogP contribution in [0.1, 0.15) is 12.8 Å².